The number of hydrogen-bond donors (Lipinski definition) is 1. The Balaban J connectivity index is 4.01. The van der Waals surface area contributed by atoms with Crippen molar-refractivity contribution < 1.29 is 5.11 Å². The second kappa shape index (κ2) is 7.25. The molecule has 0 aliphatic heterocycles. The summed E-state index contributed by atoms with van der Waals surface area (Å²) in [7, 11) is 0. The Morgan fingerprint density at radius 3 is 2.50 bits per heavy atom. The average molecular weight is 480 g/mol. The van der Waals surface area contributed by atoms with Crippen molar-refractivity contribution in [3.8, 4) is 0 Å². The molecule has 0 heterocycles. The third-order valence-electron chi connectivity index (χ3n) is 1.22. The van der Waals surface area contributed by atoms with E-state index in [1.54, 1.807) is 0 Å². The summed E-state index contributed by atoms with van der Waals surface area (Å²) in [4.78, 5) is 0. The van der Waals surface area contributed by atoms with E-state index in [-0.39, 0.29) is 6.61 Å². The Bertz CT molecular complexity index is 159. The number of unbranched alkanes of at least 4 members (excludes halogenated alkanes) is 1. The summed E-state index contributed by atoms with van der Waals surface area (Å²) in [6.07, 6.45) is 2.45. The summed E-state index contributed by atoms with van der Waals surface area (Å²) in [5, 5.41) is 8.80. The number of rotatable bonds is 5. The topological polar surface area (TPSA) is 20.2 Å². The van der Waals surface area contributed by atoms with E-state index in [4.69, 9.17) is 5.11 Å². The molecule has 0 amide bonds. The van der Waals surface area contributed by atoms with Crippen LogP contribution in [0.3, 0.4) is 0 Å². The molecule has 74 valence electrons. The zero-order valence-corrected chi connectivity index (χ0v) is 14.0. The first kappa shape index (κ1) is 13.9. The molecule has 0 radical (unpaired) electrons. The summed E-state index contributed by atoms with van der Waals surface area (Å²) in [5.74, 6) is 0. The predicted molar refractivity (Wildman–Crippen MR) is 67.4 cm³/mol. The van der Waals surface area contributed by atoms with Gasteiger partial charge in [0.05, 0.1) is 0 Å². The molecule has 0 aromatic rings. The second-order valence-corrected chi connectivity index (χ2v) is 30.1. The molecule has 0 saturated heterocycles. The van der Waals surface area contributed by atoms with E-state index in [0.717, 1.165) is 4.48 Å². The first-order valence-corrected chi connectivity index (χ1v) is 17.9. The Kier molecular flexibility index (Phi) is 8.42. The molecule has 0 aliphatic rings. The summed E-state index contributed by atoms with van der Waals surface area (Å²) in [6.45, 7) is 2.28. The standard InChI is InChI=1S/C7H13Br3OTe/c1-2-3-4-12(9,10)6-7(8)5-11/h6,11H,2-5H2,1H3/b7-6-. The van der Waals surface area contributed by atoms with Crippen LogP contribution in [0.25, 0.3) is 0 Å². The molecular weight excluding hydrogens is 467 g/mol. The SMILES string of the molecule is CCCC[Te](Br)(Br)/C=C(\Br)CO. The molecule has 1 nitrogen and oxygen atoms in total. The Labute approximate surface area is 98.5 Å². The zero-order chi connectivity index (χ0) is 9.61. The molecule has 5 heteroatoms. The molecule has 0 aromatic carbocycles. The summed E-state index contributed by atoms with van der Waals surface area (Å²) >= 11 is 8.67. The van der Waals surface area contributed by atoms with Crippen LogP contribution in [-0.4, -0.2) is 25.5 Å². The maximum absolute atomic E-state index is 8.80. The quantitative estimate of drug-likeness (QED) is 0.594. The summed E-state index contributed by atoms with van der Waals surface area (Å²) in [5.41, 5.74) is 0. The third-order valence-corrected chi connectivity index (χ3v) is 13.7. The van der Waals surface area contributed by atoms with Crippen molar-refractivity contribution in [2.24, 2.45) is 0 Å². The molecule has 0 aliphatic carbocycles. The van der Waals surface area contributed by atoms with Gasteiger partial charge in [-0.25, -0.2) is 0 Å². The second-order valence-electron chi connectivity index (χ2n) is 2.40. The van der Waals surface area contributed by atoms with Gasteiger partial charge in [0.15, 0.2) is 0 Å². The first-order chi connectivity index (χ1) is 5.52. The van der Waals surface area contributed by atoms with E-state index >= 15 is 0 Å². The van der Waals surface area contributed by atoms with Gasteiger partial charge in [-0.3, -0.25) is 0 Å². The first-order valence-electron chi connectivity index (χ1n) is 3.69. The number of aliphatic hydroxyl groups is 1. The van der Waals surface area contributed by atoms with E-state index in [0.29, 0.717) is 0 Å². The molecule has 1 N–H and O–H groups in total. The van der Waals surface area contributed by atoms with Crippen LogP contribution in [0.4, 0.5) is 0 Å². The van der Waals surface area contributed by atoms with Crippen molar-refractivity contribution in [2.75, 3.05) is 6.61 Å². The predicted octanol–water partition coefficient (Wildman–Crippen LogP) is 3.83. The van der Waals surface area contributed by atoms with E-state index in [1.807, 2.05) is 0 Å². The van der Waals surface area contributed by atoms with Crippen molar-refractivity contribution in [2.45, 2.75) is 24.2 Å². The molecule has 0 aromatic heterocycles. The molecule has 0 spiro atoms. The minimum atomic E-state index is -2.06. The fraction of sp³-hybridized carbons (Fsp3) is 0.714. The third kappa shape index (κ3) is 7.34. The van der Waals surface area contributed by atoms with Gasteiger partial charge in [0.1, 0.15) is 0 Å². The monoisotopic (exact) mass is 480 g/mol. The molecule has 0 atom stereocenters. The van der Waals surface area contributed by atoms with Gasteiger partial charge >= 0.3 is 99.8 Å². The van der Waals surface area contributed by atoms with Crippen LogP contribution in [0.15, 0.2) is 8.61 Å². The normalized spacial score (nSPS) is 14.9. The Hall–Kier alpha value is 1.93. The average Bonchev–Trinajstić information content (AvgIpc) is 2.00. The van der Waals surface area contributed by atoms with Crippen molar-refractivity contribution >= 4 is 55.2 Å². The van der Waals surface area contributed by atoms with Gasteiger partial charge in [-0.2, -0.15) is 0 Å². The van der Waals surface area contributed by atoms with Gasteiger partial charge in [0, 0.05) is 0 Å². The van der Waals surface area contributed by atoms with E-state index in [2.05, 4.69) is 52.5 Å². The number of halogens is 3. The fourth-order valence-electron chi connectivity index (χ4n) is 0.620. The van der Waals surface area contributed by atoms with Crippen molar-refractivity contribution in [1.29, 1.82) is 0 Å². The van der Waals surface area contributed by atoms with Gasteiger partial charge < -0.3 is 0 Å². The fourth-order valence-corrected chi connectivity index (χ4v) is 15.8. The van der Waals surface area contributed by atoms with Crippen LogP contribution < -0.4 is 0 Å². The van der Waals surface area contributed by atoms with Gasteiger partial charge in [0.2, 0.25) is 0 Å². The molecule has 0 bridgehead atoms. The maximum atomic E-state index is 8.80. The minimum absolute atomic E-state index is 0.0942. The van der Waals surface area contributed by atoms with Gasteiger partial charge in [-0.1, -0.05) is 0 Å². The molecule has 0 saturated carbocycles. The van der Waals surface area contributed by atoms with Crippen LogP contribution in [0.5, 0.6) is 0 Å². The van der Waals surface area contributed by atoms with Crippen molar-refractivity contribution in [3.63, 3.8) is 0 Å². The van der Waals surface area contributed by atoms with E-state index in [9.17, 15) is 0 Å². The van der Waals surface area contributed by atoms with E-state index in [1.165, 1.54) is 17.3 Å². The van der Waals surface area contributed by atoms with Gasteiger partial charge in [0.25, 0.3) is 0 Å². The summed E-state index contributed by atoms with van der Waals surface area (Å²) < 4.78 is 4.21. The summed E-state index contributed by atoms with van der Waals surface area (Å²) in [6, 6.07) is 0. The zero-order valence-electron chi connectivity index (χ0n) is 6.90. The van der Waals surface area contributed by atoms with Crippen LogP contribution in [0.2, 0.25) is 4.47 Å². The van der Waals surface area contributed by atoms with Crippen LogP contribution in [-0.2, 0) is 0 Å². The van der Waals surface area contributed by atoms with Crippen LogP contribution in [0, 0.1) is 0 Å². The van der Waals surface area contributed by atoms with E-state index < -0.39 is 13.8 Å². The number of hydrogen-bond acceptors (Lipinski definition) is 1. The van der Waals surface area contributed by atoms with Crippen molar-refractivity contribution in [1.82, 2.24) is 0 Å². The molecule has 0 fully saturated rings. The van der Waals surface area contributed by atoms with Gasteiger partial charge in [-0.05, 0) is 0 Å². The molecule has 12 heavy (non-hydrogen) atoms. The Morgan fingerprint density at radius 1 is 1.50 bits per heavy atom. The van der Waals surface area contributed by atoms with Gasteiger partial charge in [-0.15, -0.1) is 0 Å². The molecular formula is C7H13Br3OTe. The molecule has 0 rings (SSSR count). The Morgan fingerprint density at radius 2 is 2.08 bits per heavy atom. The van der Waals surface area contributed by atoms with Crippen molar-refractivity contribution in [3.05, 3.63) is 8.61 Å². The van der Waals surface area contributed by atoms with Crippen LogP contribution in [0.1, 0.15) is 19.8 Å². The molecule has 0 unspecified atom stereocenters. The number of aliphatic hydroxyl groups excluding tert-OH is 1. The van der Waals surface area contributed by atoms with Crippen LogP contribution >= 0.6 is 41.4 Å².